The molecule has 4 heteroatoms. The number of hydrogen-bond acceptors (Lipinski definition) is 3. The normalized spacial score (nSPS) is 12.3. The molecule has 0 aliphatic rings. The maximum Gasteiger partial charge on any atom is 0.146 e. The third-order valence-electron chi connectivity index (χ3n) is 3.81. The number of allylic oxidation sites excluding steroid dienone is 3. The Morgan fingerprint density at radius 1 is 1.36 bits per heavy atom. The lowest BCUT2D eigenvalue weighted by molar-refractivity contribution is 0.628. The molecular formula is C21H26FN3. The van der Waals surface area contributed by atoms with Gasteiger partial charge in [0.15, 0.2) is 0 Å². The number of hydrogen-bond donors (Lipinski definition) is 1. The van der Waals surface area contributed by atoms with Crippen molar-refractivity contribution < 1.29 is 4.39 Å². The van der Waals surface area contributed by atoms with Gasteiger partial charge >= 0.3 is 0 Å². The molecule has 1 aromatic carbocycles. The Morgan fingerprint density at radius 2 is 2.08 bits per heavy atom. The van der Waals surface area contributed by atoms with Crippen molar-refractivity contribution in [3.8, 4) is 0 Å². The molecule has 1 aromatic rings. The van der Waals surface area contributed by atoms with Crippen molar-refractivity contribution in [3.63, 3.8) is 0 Å². The lowest BCUT2D eigenvalue weighted by Crippen LogP contribution is -2.09. The number of aryl methyl sites for hydroxylation is 1. The Hall–Kier alpha value is -2.75. The molecule has 0 radical (unpaired) electrons. The van der Waals surface area contributed by atoms with Crippen LogP contribution >= 0.6 is 0 Å². The van der Waals surface area contributed by atoms with E-state index in [0.29, 0.717) is 23.4 Å². The minimum absolute atomic E-state index is 0.317. The molecule has 0 bridgehead atoms. The standard InChI is InChI=1S/C21H26FN3/c1-7-9-10-18-15(3)11-12-20(22)21(18)25-16(4)19(14-24-6)17(8-2)13-23-5/h7-8,11-14,25H,1,4,6,9-10H2,2-3,5H3/b17-8-,19-14+,23-13-. The zero-order valence-electron chi connectivity index (χ0n) is 15.3. The van der Waals surface area contributed by atoms with Gasteiger partial charge in [-0.15, -0.1) is 6.58 Å². The average Bonchev–Trinajstić information content (AvgIpc) is 2.60. The number of benzene rings is 1. The van der Waals surface area contributed by atoms with Crippen LogP contribution in [-0.4, -0.2) is 20.0 Å². The van der Waals surface area contributed by atoms with E-state index >= 15 is 0 Å². The van der Waals surface area contributed by atoms with Gasteiger partial charge in [0, 0.05) is 30.7 Å². The van der Waals surface area contributed by atoms with E-state index in [1.165, 1.54) is 6.07 Å². The van der Waals surface area contributed by atoms with Gasteiger partial charge in [0.1, 0.15) is 5.82 Å². The summed E-state index contributed by atoms with van der Waals surface area (Å²) in [6.45, 7) is 15.2. The van der Waals surface area contributed by atoms with Gasteiger partial charge in [-0.2, -0.15) is 0 Å². The van der Waals surface area contributed by atoms with E-state index in [4.69, 9.17) is 0 Å². The maximum absolute atomic E-state index is 14.5. The second kappa shape index (κ2) is 10.2. The van der Waals surface area contributed by atoms with E-state index in [1.54, 1.807) is 25.5 Å². The highest BCUT2D eigenvalue weighted by Crippen LogP contribution is 2.28. The van der Waals surface area contributed by atoms with Crippen LogP contribution in [0.5, 0.6) is 0 Å². The van der Waals surface area contributed by atoms with Gasteiger partial charge in [0.2, 0.25) is 0 Å². The minimum atomic E-state index is -0.317. The number of nitrogens with zero attached hydrogens (tertiary/aromatic N) is 2. The lowest BCUT2D eigenvalue weighted by atomic mass is 9.99. The molecule has 0 spiro atoms. The number of nitrogens with one attached hydrogen (secondary N) is 1. The van der Waals surface area contributed by atoms with E-state index < -0.39 is 0 Å². The highest BCUT2D eigenvalue weighted by molar-refractivity contribution is 5.87. The molecule has 0 fully saturated rings. The molecule has 132 valence electrons. The van der Waals surface area contributed by atoms with Crippen molar-refractivity contribution >= 4 is 18.6 Å². The molecule has 0 atom stereocenters. The third kappa shape index (κ3) is 5.38. The Kier molecular flexibility index (Phi) is 8.27. The Bertz CT molecular complexity index is 740. The predicted molar refractivity (Wildman–Crippen MR) is 108 cm³/mol. The van der Waals surface area contributed by atoms with Gasteiger partial charge in [-0.25, -0.2) is 4.39 Å². The molecule has 1 rings (SSSR count). The zero-order chi connectivity index (χ0) is 18.8. The molecular weight excluding hydrogens is 313 g/mol. The molecule has 0 saturated carbocycles. The predicted octanol–water partition coefficient (Wildman–Crippen LogP) is 5.41. The number of aliphatic imine (C=N–C) groups is 2. The van der Waals surface area contributed by atoms with Crippen LogP contribution in [0.3, 0.4) is 0 Å². The molecule has 0 heterocycles. The summed E-state index contributed by atoms with van der Waals surface area (Å²) in [5.41, 5.74) is 4.44. The maximum atomic E-state index is 14.5. The first-order chi connectivity index (χ1) is 12.0. The molecule has 0 amide bonds. The van der Waals surface area contributed by atoms with E-state index in [2.05, 4.69) is 35.2 Å². The van der Waals surface area contributed by atoms with E-state index in [-0.39, 0.29) is 5.82 Å². The zero-order valence-corrected chi connectivity index (χ0v) is 15.3. The molecule has 25 heavy (non-hydrogen) atoms. The van der Waals surface area contributed by atoms with Gasteiger partial charge in [0.25, 0.3) is 0 Å². The molecule has 0 unspecified atom stereocenters. The fraction of sp³-hybridized carbons (Fsp3) is 0.238. The van der Waals surface area contributed by atoms with Crippen LogP contribution < -0.4 is 5.32 Å². The largest absolute Gasteiger partial charge is 0.353 e. The SMILES string of the molecule is C=CCCc1c(C)ccc(F)c1NC(=C)C(=C\N=C)/C(/C=N\C)=C\C. The summed E-state index contributed by atoms with van der Waals surface area (Å²) in [7, 11) is 1.69. The van der Waals surface area contributed by atoms with Crippen LogP contribution in [0.15, 0.2) is 70.5 Å². The van der Waals surface area contributed by atoms with Crippen LogP contribution in [0.1, 0.15) is 24.5 Å². The molecule has 0 aliphatic heterocycles. The third-order valence-corrected chi connectivity index (χ3v) is 3.81. The molecule has 3 nitrogen and oxygen atoms in total. The number of anilines is 1. The van der Waals surface area contributed by atoms with Crippen LogP contribution in [0.2, 0.25) is 0 Å². The monoisotopic (exact) mass is 339 g/mol. The Labute approximate surface area is 150 Å². The quantitative estimate of drug-likeness (QED) is 0.364. The van der Waals surface area contributed by atoms with Crippen molar-refractivity contribution in [2.75, 3.05) is 12.4 Å². The second-order valence-corrected chi connectivity index (χ2v) is 5.51. The summed E-state index contributed by atoms with van der Waals surface area (Å²) in [5, 5.41) is 3.12. The van der Waals surface area contributed by atoms with Crippen molar-refractivity contribution in [1.29, 1.82) is 0 Å². The Balaban J connectivity index is 3.29. The summed E-state index contributed by atoms with van der Waals surface area (Å²) >= 11 is 0. The van der Waals surface area contributed by atoms with Crippen molar-refractivity contribution in [2.24, 2.45) is 9.98 Å². The summed E-state index contributed by atoms with van der Waals surface area (Å²) in [5.74, 6) is -0.317. The number of rotatable bonds is 9. The van der Waals surface area contributed by atoms with E-state index in [0.717, 1.165) is 23.1 Å². The molecule has 0 saturated heterocycles. The van der Waals surface area contributed by atoms with E-state index in [1.807, 2.05) is 26.0 Å². The fourth-order valence-electron chi connectivity index (χ4n) is 2.50. The van der Waals surface area contributed by atoms with Gasteiger partial charge < -0.3 is 5.32 Å². The molecule has 0 aliphatic carbocycles. The van der Waals surface area contributed by atoms with Gasteiger partial charge in [-0.1, -0.05) is 24.8 Å². The van der Waals surface area contributed by atoms with Crippen molar-refractivity contribution in [1.82, 2.24) is 0 Å². The summed E-state index contributed by atoms with van der Waals surface area (Å²) in [4.78, 5) is 7.88. The molecule has 0 aromatic heterocycles. The van der Waals surface area contributed by atoms with Crippen molar-refractivity contribution in [3.05, 3.63) is 77.4 Å². The highest BCUT2D eigenvalue weighted by Gasteiger charge is 2.14. The molecule has 1 N–H and O–H groups in total. The summed E-state index contributed by atoms with van der Waals surface area (Å²) in [6.07, 6.45) is 8.48. The minimum Gasteiger partial charge on any atom is -0.353 e. The first kappa shape index (κ1) is 20.3. The van der Waals surface area contributed by atoms with Crippen LogP contribution in [0.4, 0.5) is 10.1 Å². The second-order valence-electron chi connectivity index (χ2n) is 5.51. The van der Waals surface area contributed by atoms with Gasteiger partial charge in [-0.3, -0.25) is 9.98 Å². The number of halogens is 1. The fourth-order valence-corrected chi connectivity index (χ4v) is 2.50. The van der Waals surface area contributed by atoms with E-state index in [9.17, 15) is 4.39 Å². The summed E-state index contributed by atoms with van der Waals surface area (Å²) < 4.78 is 14.5. The first-order valence-corrected chi connectivity index (χ1v) is 8.10. The average molecular weight is 339 g/mol. The Morgan fingerprint density at radius 3 is 2.64 bits per heavy atom. The highest BCUT2D eigenvalue weighted by atomic mass is 19.1. The van der Waals surface area contributed by atoms with Crippen LogP contribution in [0.25, 0.3) is 0 Å². The van der Waals surface area contributed by atoms with Crippen LogP contribution in [0, 0.1) is 12.7 Å². The summed E-state index contributed by atoms with van der Waals surface area (Å²) in [6, 6.07) is 3.24. The van der Waals surface area contributed by atoms with Gasteiger partial charge in [0.05, 0.1) is 5.69 Å². The first-order valence-electron chi connectivity index (χ1n) is 8.10. The van der Waals surface area contributed by atoms with Gasteiger partial charge in [-0.05, 0) is 56.2 Å². The van der Waals surface area contributed by atoms with Crippen LogP contribution in [-0.2, 0) is 6.42 Å². The smallest absolute Gasteiger partial charge is 0.146 e. The lowest BCUT2D eigenvalue weighted by Gasteiger charge is -2.18. The topological polar surface area (TPSA) is 36.8 Å². The van der Waals surface area contributed by atoms with Crippen molar-refractivity contribution in [2.45, 2.75) is 26.7 Å².